The number of rotatable bonds is 4. The van der Waals surface area contributed by atoms with Gasteiger partial charge in [0.25, 0.3) is 11.8 Å². The summed E-state index contributed by atoms with van der Waals surface area (Å²) in [6.45, 7) is 3.57. The summed E-state index contributed by atoms with van der Waals surface area (Å²) < 4.78 is 0. The molecular formula is C25H31N5O5. The maximum absolute atomic E-state index is 13.1. The number of fused-ring (bicyclic) bond motifs is 1. The van der Waals surface area contributed by atoms with Crippen LogP contribution in [0.4, 0.5) is 5.69 Å². The van der Waals surface area contributed by atoms with Crippen molar-refractivity contribution in [2.24, 2.45) is 5.92 Å². The molecule has 1 aromatic rings. The van der Waals surface area contributed by atoms with Crippen LogP contribution in [0.3, 0.4) is 0 Å². The average molecular weight is 482 g/mol. The first-order chi connectivity index (χ1) is 16.9. The van der Waals surface area contributed by atoms with Crippen molar-refractivity contribution >= 4 is 35.2 Å². The van der Waals surface area contributed by atoms with Crippen molar-refractivity contribution in [3.05, 3.63) is 29.3 Å². The van der Waals surface area contributed by atoms with Crippen molar-refractivity contribution in [1.82, 2.24) is 20.4 Å². The largest absolute Gasteiger partial charge is 0.371 e. The zero-order valence-corrected chi connectivity index (χ0v) is 19.9. The predicted octanol–water partition coefficient (Wildman–Crippen LogP) is 0.515. The summed E-state index contributed by atoms with van der Waals surface area (Å²) in [5, 5.41) is 4.98. The van der Waals surface area contributed by atoms with Gasteiger partial charge in [-0.3, -0.25) is 34.2 Å². The summed E-state index contributed by atoms with van der Waals surface area (Å²) in [6.07, 6.45) is 4.04. The third-order valence-corrected chi connectivity index (χ3v) is 7.92. The number of imide groups is 2. The monoisotopic (exact) mass is 481 g/mol. The van der Waals surface area contributed by atoms with E-state index in [0.717, 1.165) is 62.4 Å². The molecule has 5 rings (SSSR count). The Hall–Kier alpha value is -3.27. The number of likely N-dealkylation sites (tertiary alicyclic amines) is 1. The van der Waals surface area contributed by atoms with E-state index in [0.29, 0.717) is 17.2 Å². The van der Waals surface area contributed by atoms with Crippen LogP contribution in [0.15, 0.2) is 18.2 Å². The van der Waals surface area contributed by atoms with Gasteiger partial charge in [-0.05, 0) is 63.4 Å². The first-order valence-electron chi connectivity index (χ1n) is 12.4. The minimum absolute atomic E-state index is 0.105. The Morgan fingerprint density at radius 2 is 1.60 bits per heavy atom. The summed E-state index contributed by atoms with van der Waals surface area (Å²) in [5.41, 5.74) is 1.51. The van der Waals surface area contributed by atoms with Gasteiger partial charge >= 0.3 is 0 Å². The Labute approximate surface area is 204 Å². The van der Waals surface area contributed by atoms with Gasteiger partial charge in [0.05, 0.1) is 11.1 Å². The summed E-state index contributed by atoms with van der Waals surface area (Å²) in [6, 6.07) is 4.83. The van der Waals surface area contributed by atoms with Crippen LogP contribution in [-0.2, 0) is 14.4 Å². The highest BCUT2D eigenvalue weighted by molar-refractivity contribution is 6.23. The van der Waals surface area contributed by atoms with Gasteiger partial charge in [-0.15, -0.1) is 0 Å². The normalized spacial score (nSPS) is 24.5. The third-order valence-electron chi connectivity index (χ3n) is 7.92. The van der Waals surface area contributed by atoms with Crippen LogP contribution < -0.4 is 15.5 Å². The first-order valence-corrected chi connectivity index (χ1v) is 12.4. The molecule has 1 aromatic carbocycles. The standard InChI is InChI=1S/C25H31N5O5/c1-26-22(32)15-6-10-28(11-7-15)16-8-12-29(13-9-16)17-2-3-18-19(14-17)25(35)30(24(18)34)20-4-5-21(31)27-23(20)33/h2-3,14-16,20H,4-13H2,1H3,(H,26,32)(H,27,31,33). The van der Waals surface area contributed by atoms with E-state index in [4.69, 9.17) is 0 Å². The van der Waals surface area contributed by atoms with Gasteiger partial charge in [0.1, 0.15) is 6.04 Å². The number of amides is 5. The van der Waals surface area contributed by atoms with Gasteiger partial charge in [0.2, 0.25) is 17.7 Å². The molecule has 0 spiro atoms. The summed E-state index contributed by atoms with van der Waals surface area (Å²) in [5.74, 6) is -1.69. The Balaban J connectivity index is 1.22. The molecule has 4 aliphatic rings. The van der Waals surface area contributed by atoms with E-state index in [9.17, 15) is 24.0 Å². The molecule has 0 aliphatic carbocycles. The molecule has 0 saturated carbocycles. The number of benzene rings is 1. The molecule has 1 atom stereocenters. The average Bonchev–Trinajstić information content (AvgIpc) is 3.13. The molecule has 186 valence electrons. The SMILES string of the molecule is CNC(=O)C1CCN(C2CCN(c3ccc4c(c3)C(=O)N(C3CCC(=O)NC3=O)C4=O)CC2)CC1. The van der Waals surface area contributed by atoms with E-state index in [1.54, 1.807) is 19.2 Å². The minimum atomic E-state index is -0.952. The van der Waals surface area contributed by atoms with Gasteiger partial charge < -0.3 is 15.1 Å². The molecule has 3 fully saturated rings. The number of piperidine rings is 3. The van der Waals surface area contributed by atoms with Crippen molar-refractivity contribution < 1.29 is 24.0 Å². The van der Waals surface area contributed by atoms with Crippen molar-refractivity contribution in [3.63, 3.8) is 0 Å². The molecule has 1 unspecified atom stereocenters. The van der Waals surface area contributed by atoms with Crippen LogP contribution in [0.2, 0.25) is 0 Å². The van der Waals surface area contributed by atoms with E-state index in [2.05, 4.69) is 20.4 Å². The molecule has 5 amide bonds. The second kappa shape index (κ2) is 9.41. The summed E-state index contributed by atoms with van der Waals surface area (Å²) >= 11 is 0. The van der Waals surface area contributed by atoms with Gasteiger partial charge in [0, 0.05) is 44.2 Å². The molecule has 0 aromatic heterocycles. The first kappa shape index (κ1) is 23.5. The highest BCUT2D eigenvalue weighted by atomic mass is 16.2. The van der Waals surface area contributed by atoms with E-state index >= 15 is 0 Å². The minimum Gasteiger partial charge on any atom is -0.371 e. The Bertz CT molecular complexity index is 1070. The molecule has 10 nitrogen and oxygen atoms in total. The van der Waals surface area contributed by atoms with E-state index < -0.39 is 23.8 Å². The number of nitrogens with one attached hydrogen (secondary N) is 2. The van der Waals surface area contributed by atoms with Crippen molar-refractivity contribution in [1.29, 1.82) is 0 Å². The maximum atomic E-state index is 13.1. The lowest BCUT2D eigenvalue weighted by molar-refractivity contribution is -0.136. The molecule has 2 N–H and O–H groups in total. The van der Waals surface area contributed by atoms with Crippen LogP contribution >= 0.6 is 0 Å². The van der Waals surface area contributed by atoms with Crippen LogP contribution in [0.25, 0.3) is 0 Å². The zero-order chi connectivity index (χ0) is 24.7. The highest BCUT2D eigenvalue weighted by Crippen LogP contribution is 2.32. The highest BCUT2D eigenvalue weighted by Gasteiger charge is 2.44. The molecule has 10 heteroatoms. The molecule has 0 bridgehead atoms. The summed E-state index contributed by atoms with van der Waals surface area (Å²) in [7, 11) is 1.69. The van der Waals surface area contributed by atoms with Crippen LogP contribution in [-0.4, -0.2) is 84.6 Å². The van der Waals surface area contributed by atoms with Crippen LogP contribution in [0, 0.1) is 5.92 Å². The fourth-order valence-electron chi connectivity index (χ4n) is 5.88. The van der Waals surface area contributed by atoms with Crippen molar-refractivity contribution in [2.75, 3.05) is 38.1 Å². The quantitative estimate of drug-likeness (QED) is 0.602. The van der Waals surface area contributed by atoms with Gasteiger partial charge in [0.15, 0.2) is 0 Å². The lowest BCUT2D eigenvalue weighted by atomic mass is 9.92. The van der Waals surface area contributed by atoms with Crippen LogP contribution in [0.5, 0.6) is 0 Å². The van der Waals surface area contributed by atoms with Gasteiger partial charge in [-0.2, -0.15) is 0 Å². The molecule has 0 radical (unpaired) electrons. The molecule has 3 saturated heterocycles. The Morgan fingerprint density at radius 3 is 2.26 bits per heavy atom. The van der Waals surface area contributed by atoms with Gasteiger partial charge in [-0.1, -0.05) is 0 Å². The second-order valence-electron chi connectivity index (χ2n) is 9.82. The number of carbonyl (C=O) groups excluding carboxylic acids is 5. The van der Waals surface area contributed by atoms with Crippen LogP contribution in [0.1, 0.15) is 59.2 Å². The molecular weight excluding hydrogens is 450 g/mol. The van der Waals surface area contributed by atoms with E-state index in [1.165, 1.54) is 0 Å². The second-order valence-corrected chi connectivity index (χ2v) is 9.82. The lowest BCUT2D eigenvalue weighted by Gasteiger charge is -2.42. The predicted molar refractivity (Wildman–Crippen MR) is 127 cm³/mol. The smallest absolute Gasteiger partial charge is 0.262 e. The van der Waals surface area contributed by atoms with Crippen molar-refractivity contribution in [3.8, 4) is 0 Å². The topological polar surface area (TPSA) is 119 Å². The number of anilines is 1. The number of hydrogen-bond donors (Lipinski definition) is 2. The van der Waals surface area contributed by atoms with E-state index in [-0.39, 0.29) is 30.6 Å². The Morgan fingerprint density at radius 1 is 0.914 bits per heavy atom. The number of carbonyl (C=O) groups is 5. The molecule has 4 heterocycles. The Kier molecular flexibility index (Phi) is 6.31. The fraction of sp³-hybridized carbons (Fsp3) is 0.560. The van der Waals surface area contributed by atoms with Crippen molar-refractivity contribution in [2.45, 2.75) is 50.6 Å². The fourth-order valence-corrected chi connectivity index (χ4v) is 5.88. The zero-order valence-electron chi connectivity index (χ0n) is 19.9. The number of hydrogen-bond acceptors (Lipinski definition) is 7. The number of nitrogens with zero attached hydrogens (tertiary/aromatic N) is 3. The molecule has 35 heavy (non-hydrogen) atoms. The lowest BCUT2D eigenvalue weighted by Crippen LogP contribution is -2.54. The summed E-state index contributed by atoms with van der Waals surface area (Å²) in [4.78, 5) is 67.4. The van der Waals surface area contributed by atoms with E-state index in [1.807, 2.05) is 6.07 Å². The maximum Gasteiger partial charge on any atom is 0.262 e. The third kappa shape index (κ3) is 4.31. The van der Waals surface area contributed by atoms with Gasteiger partial charge in [-0.25, -0.2) is 0 Å². The molecule has 4 aliphatic heterocycles.